The van der Waals surface area contributed by atoms with Crippen molar-refractivity contribution >= 4 is 15.9 Å². The molecule has 2 aliphatic heterocycles. The van der Waals surface area contributed by atoms with Crippen molar-refractivity contribution in [2.75, 3.05) is 6.61 Å². The number of nitrogens with one attached hydrogen (secondary N) is 1. The second kappa shape index (κ2) is 7.63. The Bertz CT molecular complexity index is 1220. The summed E-state index contributed by atoms with van der Waals surface area (Å²) in [5.41, 5.74) is 1.43. The van der Waals surface area contributed by atoms with Crippen LogP contribution in [0.2, 0.25) is 0 Å². The summed E-state index contributed by atoms with van der Waals surface area (Å²) in [4.78, 5) is 11.5. The van der Waals surface area contributed by atoms with Crippen molar-refractivity contribution in [3.63, 3.8) is 0 Å². The van der Waals surface area contributed by atoms with Crippen molar-refractivity contribution in [1.82, 2.24) is 4.72 Å². The molecular formula is C23H19NO6S. The van der Waals surface area contributed by atoms with Crippen molar-refractivity contribution in [1.29, 1.82) is 0 Å². The van der Waals surface area contributed by atoms with Crippen LogP contribution < -0.4 is 18.9 Å². The summed E-state index contributed by atoms with van der Waals surface area (Å²) < 4.78 is 44.0. The average Bonchev–Trinajstić information content (AvgIpc) is 3.29. The fourth-order valence-electron chi connectivity index (χ4n) is 3.75. The molecule has 2 aliphatic rings. The highest BCUT2D eigenvalue weighted by Gasteiger charge is 2.37. The van der Waals surface area contributed by atoms with E-state index in [2.05, 4.69) is 0 Å². The normalized spacial score (nSPS) is 21.1. The summed E-state index contributed by atoms with van der Waals surface area (Å²) in [5, 5.41) is -0.873. The van der Waals surface area contributed by atoms with E-state index in [0.717, 1.165) is 5.56 Å². The first-order chi connectivity index (χ1) is 15.0. The average molecular weight is 437 g/mol. The first kappa shape index (κ1) is 19.4. The fraction of sp³-hybridized carbons (Fsp3) is 0.174. The Kier molecular flexibility index (Phi) is 4.78. The quantitative estimate of drug-likeness (QED) is 0.651. The standard InChI is InChI=1S/C23H19NO6S/c25-22-13-21(31(26,27)24-22)15-9-11-17(12-10-15)30-20-14-28-23-18(20)7-4-8-19(23)29-16-5-2-1-3-6-16/h1-12,20-21H,13-14H2,(H,24,25)/t20-,21?/m1/s1. The van der Waals surface area contributed by atoms with Gasteiger partial charge in [0.25, 0.3) is 0 Å². The van der Waals surface area contributed by atoms with E-state index >= 15 is 0 Å². The van der Waals surface area contributed by atoms with Gasteiger partial charge in [-0.25, -0.2) is 8.42 Å². The smallest absolute Gasteiger partial charge is 0.242 e. The van der Waals surface area contributed by atoms with Gasteiger partial charge in [-0.1, -0.05) is 42.5 Å². The van der Waals surface area contributed by atoms with E-state index < -0.39 is 21.2 Å². The second-order valence-corrected chi connectivity index (χ2v) is 9.20. The summed E-state index contributed by atoms with van der Waals surface area (Å²) in [7, 11) is -3.67. The molecule has 2 heterocycles. The zero-order chi connectivity index (χ0) is 21.4. The number of hydrogen-bond donors (Lipinski definition) is 1. The molecular weight excluding hydrogens is 418 g/mol. The van der Waals surface area contributed by atoms with Crippen LogP contribution in [0.5, 0.6) is 23.0 Å². The van der Waals surface area contributed by atoms with Crippen molar-refractivity contribution in [2.45, 2.75) is 17.8 Å². The third-order valence-corrected chi connectivity index (χ3v) is 6.94. The Labute approximate surface area is 179 Å². The van der Waals surface area contributed by atoms with Gasteiger partial charge < -0.3 is 14.2 Å². The van der Waals surface area contributed by atoms with Crippen LogP contribution in [0, 0.1) is 0 Å². The van der Waals surface area contributed by atoms with Crippen LogP contribution in [-0.4, -0.2) is 20.9 Å². The van der Waals surface area contributed by atoms with Gasteiger partial charge in [-0.05, 0) is 35.9 Å². The Morgan fingerprint density at radius 3 is 2.39 bits per heavy atom. The van der Waals surface area contributed by atoms with Gasteiger partial charge >= 0.3 is 0 Å². The van der Waals surface area contributed by atoms with E-state index in [1.54, 1.807) is 24.3 Å². The maximum absolute atomic E-state index is 12.0. The molecule has 5 rings (SSSR count). The highest BCUT2D eigenvalue weighted by Crippen LogP contribution is 2.43. The largest absolute Gasteiger partial charge is 0.485 e. The SMILES string of the molecule is O=C1CC(c2ccc(O[C@@H]3COc4c(Oc5ccccc5)cccc43)cc2)S(=O)(=O)N1. The number of carbonyl (C=O) groups excluding carboxylic acids is 1. The summed E-state index contributed by atoms with van der Waals surface area (Å²) >= 11 is 0. The monoisotopic (exact) mass is 437 g/mol. The predicted molar refractivity (Wildman–Crippen MR) is 113 cm³/mol. The van der Waals surface area contributed by atoms with E-state index in [0.29, 0.717) is 35.2 Å². The molecule has 3 aromatic rings. The van der Waals surface area contributed by atoms with Gasteiger partial charge in [0, 0.05) is 5.56 Å². The van der Waals surface area contributed by atoms with Gasteiger partial charge in [-0.3, -0.25) is 9.52 Å². The van der Waals surface area contributed by atoms with Crippen molar-refractivity contribution in [3.8, 4) is 23.0 Å². The molecule has 0 spiro atoms. The number of benzene rings is 3. The number of amides is 1. The zero-order valence-corrected chi connectivity index (χ0v) is 17.2. The van der Waals surface area contributed by atoms with Crippen LogP contribution in [0.3, 0.4) is 0 Å². The third kappa shape index (κ3) is 3.82. The third-order valence-electron chi connectivity index (χ3n) is 5.24. The number of carbonyl (C=O) groups is 1. The lowest BCUT2D eigenvalue weighted by atomic mass is 10.1. The lowest BCUT2D eigenvalue weighted by Crippen LogP contribution is -2.21. The molecule has 31 heavy (non-hydrogen) atoms. The highest BCUT2D eigenvalue weighted by molar-refractivity contribution is 7.90. The number of fused-ring (bicyclic) bond motifs is 1. The molecule has 0 aliphatic carbocycles. The maximum atomic E-state index is 12.0. The molecule has 0 bridgehead atoms. The first-order valence-corrected chi connectivity index (χ1v) is 11.3. The number of hydrogen-bond acceptors (Lipinski definition) is 6. The second-order valence-electron chi connectivity index (χ2n) is 7.34. The lowest BCUT2D eigenvalue weighted by molar-refractivity contribution is -0.118. The molecule has 1 N–H and O–H groups in total. The molecule has 1 amide bonds. The van der Waals surface area contributed by atoms with Crippen molar-refractivity contribution in [3.05, 3.63) is 83.9 Å². The van der Waals surface area contributed by atoms with Gasteiger partial charge in [0.2, 0.25) is 15.9 Å². The minimum absolute atomic E-state index is 0.0728. The molecule has 8 heteroatoms. The van der Waals surface area contributed by atoms with Crippen LogP contribution >= 0.6 is 0 Å². The maximum Gasteiger partial charge on any atom is 0.242 e. The molecule has 0 radical (unpaired) electrons. The Morgan fingerprint density at radius 2 is 1.68 bits per heavy atom. The Balaban J connectivity index is 1.33. The number of ether oxygens (including phenoxy) is 3. The number of para-hydroxylation sites is 2. The molecule has 158 valence electrons. The van der Waals surface area contributed by atoms with E-state index in [1.807, 2.05) is 53.3 Å². The highest BCUT2D eigenvalue weighted by atomic mass is 32.2. The Hall–Kier alpha value is -3.52. The first-order valence-electron chi connectivity index (χ1n) is 9.79. The van der Waals surface area contributed by atoms with E-state index in [-0.39, 0.29) is 12.5 Å². The molecule has 2 atom stereocenters. The Morgan fingerprint density at radius 1 is 0.903 bits per heavy atom. The van der Waals surface area contributed by atoms with Crippen LogP contribution in [0.15, 0.2) is 72.8 Å². The van der Waals surface area contributed by atoms with E-state index in [9.17, 15) is 13.2 Å². The summed E-state index contributed by atoms with van der Waals surface area (Å²) in [6, 6.07) is 21.9. The van der Waals surface area contributed by atoms with Crippen LogP contribution in [0.4, 0.5) is 0 Å². The van der Waals surface area contributed by atoms with Crippen LogP contribution in [0.25, 0.3) is 0 Å². The van der Waals surface area contributed by atoms with Crippen LogP contribution in [0.1, 0.15) is 28.9 Å². The van der Waals surface area contributed by atoms with Gasteiger partial charge in [0.15, 0.2) is 17.6 Å². The minimum atomic E-state index is -3.67. The van der Waals surface area contributed by atoms with Crippen LogP contribution in [-0.2, 0) is 14.8 Å². The molecule has 1 saturated heterocycles. The van der Waals surface area contributed by atoms with Gasteiger partial charge in [-0.2, -0.15) is 0 Å². The lowest BCUT2D eigenvalue weighted by Gasteiger charge is -2.14. The topological polar surface area (TPSA) is 90.9 Å². The van der Waals surface area contributed by atoms with Gasteiger partial charge in [0.1, 0.15) is 23.4 Å². The predicted octanol–water partition coefficient (Wildman–Crippen LogP) is 3.88. The number of sulfonamides is 1. The summed E-state index contributed by atoms with van der Waals surface area (Å²) in [6.07, 6.45) is -0.394. The summed E-state index contributed by atoms with van der Waals surface area (Å²) in [6.45, 7) is 0.335. The van der Waals surface area contributed by atoms with Crippen molar-refractivity contribution in [2.24, 2.45) is 0 Å². The van der Waals surface area contributed by atoms with Crippen molar-refractivity contribution < 1.29 is 27.4 Å². The molecule has 3 aromatic carbocycles. The van der Waals surface area contributed by atoms with Gasteiger partial charge in [-0.15, -0.1) is 0 Å². The minimum Gasteiger partial charge on any atom is -0.485 e. The molecule has 0 aromatic heterocycles. The van der Waals surface area contributed by atoms with E-state index in [4.69, 9.17) is 14.2 Å². The molecule has 0 saturated carbocycles. The molecule has 1 fully saturated rings. The van der Waals surface area contributed by atoms with Gasteiger partial charge in [0.05, 0.1) is 6.42 Å². The number of rotatable bonds is 5. The molecule has 1 unspecified atom stereocenters. The zero-order valence-electron chi connectivity index (χ0n) is 16.4. The fourth-order valence-corrected chi connectivity index (χ4v) is 5.18. The molecule has 7 nitrogen and oxygen atoms in total. The summed E-state index contributed by atoms with van der Waals surface area (Å²) in [5.74, 6) is 2.07. The van der Waals surface area contributed by atoms with E-state index in [1.165, 1.54) is 0 Å².